The SMILES string of the molecule is C=CC(=O)N1C2C=C(c3nc(Nc4ncc(C)s4)cc4c3ccn4C3CC3(F)F)CC1CC2. The summed E-state index contributed by atoms with van der Waals surface area (Å²) >= 11 is 1.51. The van der Waals surface area contributed by atoms with Gasteiger partial charge in [0.05, 0.1) is 17.3 Å². The topological polar surface area (TPSA) is 63.1 Å². The van der Waals surface area contributed by atoms with Gasteiger partial charge in [0.25, 0.3) is 5.92 Å². The predicted molar refractivity (Wildman–Crippen MR) is 125 cm³/mol. The molecule has 1 aliphatic carbocycles. The minimum absolute atomic E-state index is 0.00850. The van der Waals surface area contributed by atoms with Crippen LogP contribution in [0.4, 0.5) is 19.7 Å². The second-order valence-corrected chi connectivity index (χ2v) is 10.3. The van der Waals surface area contributed by atoms with Crippen LogP contribution in [0.3, 0.4) is 0 Å². The number of alkyl halides is 2. The van der Waals surface area contributed by atoms with Crippen LogP contribution in [-0.4, -0.2) is 43.3 Å². The summed E-state index contributed by atoms with van der Waals surface area (Å²) in [5, 5.41) is 4.82. The number of hydrogen-bond donors (Lipinski definition) is 1. The Kier molecular flexibility index (Phi) is 4.49. The molecule has 1 amide bonds. The Hall–Kier alpha value is -3.07. The van der Waals surface area contributed by atoms with Gasteiger partial charge in [-0.3, -0.25) is 4.79 Å². The number of halogens is 2. The van der Waals surface area contributed by atoms with Crippen molar-refractivity contribution < 1.29 is 13.6 Å². The number of thiazole rings is 1. The lowest BCUT2D eigenvalue weighted by Crippen LogP contribution is -2.42. The number of nitrogens with zero attached hydrogens (tertiary/aromatic N) is 4. The van der Waals surface area contributed by atoms with Crippen LogP contribution in [0.1, 0.15) is 42.3 Å². The number of aromatic nitrogens is 3. The Morgan fingerprint density at radius 3 is 2.88 bits per heavy atom. The molecule has 3 aromatic rings. The maximum atomic E-state index is 13.9. The van der Waals surface area contributed by atoms with E-state index in [1.807, 2.05) is 24.0 Å². The number of aryl methyl sites for hydroxylation is 1. The molecule has 2 aliphatic heterocycles. The number of nitrogens with one attached hydrogen (secondary N) is 1. The fourth-order valence-corrected chi connectivity index (χ4v) is 5.88. The van der Waals surface area contributed by atoms with Crippen LogP contribution in [0, 0.1) is 6.92 Å². The average Bonchev–Trinajstić information content (AvgIpc) is 3.11. The smallest absolute Gasteiger partial charge is 0.270 e. The Labute approximate surface area is 193 Å². The molecule has 2 bridgehead atoms. The molecule has 1 saturated carbocycles. The highest BCUT2D eigenvalue weighted by atomic mass is 32.1. The molecule has 0 radical (unpaired) electrons. The van der Waals surface area contributed by atoms with Gasteiger partial charge in [-0.1, -0.05) is 12.7 Å². The summed E-state index contributed by atoms with van der Waals surface area (Å²) in [6.07, 6.45) is 9.39. The first kappa shape index (κ1) is 20.5. The van der Waals surface area contributed by atoms with E-state index in [1.54, 1.807) is 17.0 Å². The molecule has 0 spiro atoms. The Morgan fingerprint density at radius 1 is 1.39 bits per heavy atom. The number of carbonyl (C=O) groups excluding carboxylic acids is 1. The van der Waals surface area contributed by atoms with Gasteiger partial charge in [0.1, 0.15) is 11.9 Å². The summed E-state index contributed by atoms with van der Waals surface area (Å²) in [5.74, 6) is -2.15. The van der Waals surface area contributed by atoms with Crippen molar-refractivity contribution in [2.24, 2.45) is 0 Å². The summed E-state index contributed by atoms with van der Waals surface area (Å²) in [6.45, 7) is 5.62. The second-order valence-electron chi connectivity index (χ2n) is 9.04. The van der Waals surface area contributed by atoms with Gasteiger partial charge in [-0.25, -0.2) is 18.7 Å². The normalized spacial score (nSPS) is 25.2. The lowest BCUT2D eigenvalue weighted by atomic mass is 9.96. The zero-order valence-electron chi connectivity index (χ0n) is 18.1. The number of carbonyl (C=O) groups is 1. The number of amides is 1. The number of hydrogen-bond acceptors (Lipinski definition) is 5. The van der Waals surface area contributed by atoms with E-state index in [9.17, 15) is 13.6 Å². The molecule has 170 valence electrons. The molecule has 2 fully saturated rings. The summed E-state index contributed by atoms with van der Waals surface area (Å²) in [7, 11) is 0. The van der Waals surface area contributed by atoms with Crippen molar-refractivity contribution in [3.8, 4) is 0 Å². The van der Waals surface area contributed by atoms with E-state index in [4.69, 9.17) is 4.98 Å². The molecular weight excluding hydrogens is 444 g/mol. The van der Waals surface area contributed by atoms with Crippen molar-refractivity contribution in [1.29, 1.82) is 0 Å². The Morgan fingerprint density at radius 2 is 2.21 bits per heavy atom. The molecular formula is C24H23F2N5OS. The molecule has 1 N–H and O–H groups in total. The fraction of sp³-hybridized carbons (Fsp3) is 0.375. The van der Waals surface area contributed by atoms with E-state index in [-0.39, 0.29) is 24.4 Å². The molecule has 5 heterocycles. The highest BCUT2D eigenvalue weighted by Gasteiger charge is 2.58. The lowest BCUT2D eigenvalue weighted by Gasteiger charge is -2.33. The number of rotatable bonds is 5. The third kappa shape index (κ3) is 3.37. The van der Waals surface area contributed by atoms with Crippen LogP contribution < -0.4 is 5.32 Å². The van der Waals surface area contributed by atoms with Crippen molar-refractivity contribution in [2.75, 3.05) is 5.32 Å². The van der Waals surface area contributed by atoms with Gasteiger partial charge in [-0.15, -0.1) is 11.3 Å². The third-order valence-electron chi connectivity index (χ3n) is 6.83. The quantitative estimate of drug-likeness (QED) is 0.507. The van der Waals surface area contributed by atoms with Crippen molar-refractivity contribution >= 4 is 44.7 Å². The van der Waals surface area contributed by atoms with E-state index < -0.39 is 12.0 Å². The second kappa shape index (κ2) is 7.21. The molecule has 3 aromatic heterocycles. The van der Waals surface area contributed by atoms with Crippen LogP contribution in [0.5, 0.6) is 0 Å². The van der Waals surface area contributed by atoms with Gasteiger partial charge < -0.3 is 14.8 Å². The molecule has 9 heteroatoms. The number of fused-ring (bicyclic) bond motifs is 3. The van der Waals surface area contributed by atoms with Gasteiger partial charge >= 0.3 is 0 Å². The van der Waals surface area contributed by atoms with Crippen molar-refractivity contribution in [3.05, 3.63) is 53.8 Å². The molecule has 3 atom stereocenters. The van der Waals surface area contributed by atoms with Gasteiger partial charge in [-0.05, 0) is 43.9 Å². The minimum Gasteiger partial charge on any atom is -0.338 e. The van der Waals surface area contributed by atoms with Crippen LogP contribution in [-0.2, 0) is 4.79 Å². The van der Waals surface area contributed by atoms with Gasteiger partial charge in [0.15, 0.2) is 5.13 Å². The standard InChI is InChI=1S/C24H23F2N5OS/c1-3-21(32)31-15-4-5-16(31)9-14(8-15)22-17-6-7-30(19-11-24(19,25)26)18(17)10-20(28-22)29-23-27-12-13(2)33-23/h3,6-8,10,12,15-16,19H,1,4-5,9,11H2,2H3,(H,27,28,29). The maximum absolute atomic E-state index is 13.9. The zero-order valence-corrected chi connectivity index (χ0v) is 18.9. The molecule has 1 saturated heterocycles. The Bertz CT molecular complexity index is 1330. The van der Waals surface area contributed by atoms with Gasteiger partial charge in [0, 0.05) is 41.2 Å². The molecule has 33 heavy (non-hydrogen) atoms. The highest BCUT2D eigenvalue weighted by molar-refractivity contribution is 7.15. The van der Waals surface area contributed by atoms with E-state index >= 15 is 0 Å². The van der Waals surface area contributed by atoms with Crippen molar-refractivity contribution in [3.63, 3.8) is 0 Å². The molecule has 0 aromatic carbocycles. The minimum atomic E-state index is -2.68. The van der Waals surface area contributed by atoms with Gasteiger partial charge in [-0.2, -0.15) is 0 Å². The van der Waals surface area contributed by atoms with Crippen molar-refractivity contribution in [2.45, 2.75) is 56.7 Å². The van der Waals surface area contributed by atoms with E-state index in [1.165, 1.54) is 17.4 Å². The van der Waals surface area contributed by atoms with Crippen LogP contribution in [0.25, 0.3) is 16.5 Å². The first-order valence-corrected chi connectivity index (χ1v) is 11.9. The molecule has 3 unspecified atom stereocenters. The highest BCUT2D eigenvalue weighted by Crippen LogP contribution is 2.54. The van der Waals surface area contributed by atoms with E-state index in [0.717, 1.165) is 39.9 Å². The summed E-state index contributed by atoms with van der Waals surface area (Å²) in [5.41, 5.74) is 2.57. The van der Waals surface area contributed by atoms with Crippen LogP contribution >= 0.6 is 11.3 Å². The average molecular weight is 468 g/mol. The first-order valence-electron chi connectivity index (χ1n) is 11.1. The Balaban J connectivity index is 1.45. The van der Waals surface area contributed by atoms with E-state index in [0.29, 0.717) is 17.4 Å². The monoisotopic (exact) mass is 467 g/mol. The summed E-state index contributed by atoms with van der Waals surface area (Å²) in [6, 6.07) is 3.00. The molecule has 6 nitrogen and oxygen atoms in total. The zero-order chi connectivity index (χ0) is 22.9. The largest absolute Gasteiger partial charge is 0.338 e. The number of pyridine rings is 1. The summed E-state index contributed by atoms with van der Waals surface area (Å²) < 4.78 is 29.5. The molecule has 3 aliphatic rings. The maximum Gasteiger partial charge on any atom is 0.270 e. The van der Waals surface area contributed by atoms with Crippen LogP contribution in [0.15, 0.2) is 43.3 Å². The predicted octanol–water partition coefficient (Wildman–Crippen LogP) is 5.46. The van der Waals surface area contributed by atoms with Crippen molar-refractivity contribution in [1.82, 2.24) is 19.4 Å². The number of anilines is 2. The summed E-state index contributed by atoms with van der Waals surface area (Å²) in [4.78, 5) is 24.6. The first-order chi connectivity index (χ1) is 15.8. The lowest BCUT2D eigenvalue weighted by molar-refractivity contribution is -0.128. The van der Waals surface area contributed by atoms with Gasteiger partial charge in [0.2, 0.25) is 5.91 Å². The fourth-order valence-electron chi connectivity index (χ4n) is 5.21. The third-order valence-corrected chi connectivity index (χ3v) is 7.66. The molecule has 6 rings (SSSR count). The van der Waals surface area contributed by atoms with Crippen LogP contribution in [0.2, 0.25) is 0 Å². The van der Waals surface area contributed by atoms with E-state index in [2.05, 4.69) is 23.0 Å².